The molecule has 4 rings (SSSR count). The van der Waals surface area contributed by atoms with E-state index in [2.05, 4.69) is 25.9 Å². The number of hydrogen-bond donors (Lipinski definition) is 3. The number of nitrogens with zero attached hydrogens (tertiary/aromatic N) is 3. The van der Waals surface area contributed by atoms with E-state index < -0.39 is 29.5 Å². The lowest BCUT2D eigenvalue weighted by atomic mass is 9.95. The van der Waals surface area contributed by atoms with E-state index in [9.17, 15) is 18.4 Å². The molecule has 2 aromatic heterocycles. The lowest BCUT2D eigenvalue weighted by Crippen LogP contribution is -2.67. The molecule has 1 atom stereocenters. The molecule has 1 amide bonds. The van der Waals surface area contributed by atoms with Gasteiger partial charge in [0.25, 0.3) is 17.4 Å². The third-order valence-corrected chi connectivity index (χ3v) is 4.81. The molecule has 3 N–H and O–H groups in total. The zero-order chi connectivity index (χ0) is 18.5. The van der Waals surface area contributed by atoms with Crippen molar-refractivity contribution in [3.05, 3.63) is 45.7 Å². The topological polar surface area (TPSA) is 101 Å². The third kappa shape index (κ3) is 2.29. The molecule has 0 aliphatic carbocycles. The minimum Gasteiger partial charge on any atom is -0.336 e. The monoisotopic (exact) mass is 382 g/mol. The first kappa shape index (κ1) is 16.9. The second-order valence-corrected chi connectivity index (χ2v) is 6.47. The van der Waals surface area contributed by atoms with Crippen LogP contribution in [0.5, 0.6) is 0 Å². The second-order valence-electron chi connectivity index (χ2n) is 6.06. The van der Waals surface area contributed by atoms with Gasteiger partial charge in [-0.15, -0.1) is 0 Å². The number of piperidine rings is 1. The van der Waals surface area contributed by atoms with Gasteiger partial charge in [0.15, 0.2) is 5.66 Å². The van der Waals surface area contributed by atoms with E-state index in [-0.39, 0.29) is 35.3 Å². The summed E-state index contributed by atoms with van der Waals surface area (Å²) in [4.78, 5) is 33.0. The molecule has 4 heterocycles. The zero-order valence-electron chi connectivity index (χ0n) is 13.2. The number of alkyl halides is 2. The van der Waals surface area contributed by atoms with Gasteiger partial charge in [0.05, 0.1) is 5.02 Å². The first-order chi connectivity index (χ1) is 12.4. The molecule has 26 heavy (non-hydrogen) atoms. The fourth-order valence-electron chi connectivity index (χ4n) is 3.28. The highest BCUT2D eigenvalue weighted by molar-refractivity contribution is 6.34. The maximum Gasteiger partial charge on any atom is 0.291 e. The highest BCUT2D eigenvalue weighted by Gasteiger charge is 2.62. The van der Waals surface area contributed by atoms with Crippen LogP contribution < -0.4 is 21.5 Å². The molecule has 0 radical (unpaired) electrons. The fourth-order valence-corrected chi connectivity index (χ4v) is 3.56. The summed E-state index contributed by atoms with van der Waals surface area (Å²) in [5.41, 5.74) is -3.37. The molecule has 0 saturated carbocycles. The predicted molar refractivity (Wildman–Crippen MR) is 88.9 cm³/mol. The lowest BCUT2D eigenvalue weighted by Gasteiger charge is -2.42. The average molecular weight is 383 g/mol. The first-order valence-electron chi connectivity index (χ1n) is 7.76. The van der Waals surface area contributed by atoms with E-state index >= 15 is 0 Å². The summed E-state index contributed by atoms with van der Waals surface area (Å²) in [6, 6.07) is 2.73. The Bertz CT molecular complexity index is 951. The van der Waals surface area contributed by atoms with Crippen molar-refractivity contribution in [2.24, 2.45) is 0 Å². The minimum absolute atomic E-state index is 0.0707. The van der Waals surface area contributed by atoms with Gasteiger partial charge in [0.1, 0.15) is 23.5 Å². The van der Waals surface area contributed by atoms with Crippen LogP contribution in [0, 0.1) is 0 Å². The smallest absolute Gasteiger partial charge is 0.291 e. The van der Waals surface area contributed by atoms with E-state index in [1.54, 1.807) is 0 Å². The van der Waals surface area contributed by atoms with Gasteiger partial charge in [-0.3, -0.25) is 14.2 Å². The van der Waals surface area contributed by atoms with Crippen molar-refractivity contribution in [2.45, 2.75) is 18.0 Å². The van der Waals surface area contributed by atoms with Crippen molar-refractivity contribution in [1.82, 2.24) is 25.2 Å². The Hall–Kier alpha value is -2.59. The molecule has 2 aliphatic rings. The van der Waals surface area contributed by atoms with Gasteiger partial charge in [-0.1, -0.05) is 11.6 Å². The summed E-state index contributed by atoms with van der Waals surface area (Å²) in [5, 5.41) is 7.70. The van der Waals surface area contributed by atoms with Crippen molar-refractivity contribution >= 4 is 29.0 Å². The fraction of sp³-hybridized carbons (Fsp3) is 0.333. The van der Waals surface area contributed by atoms with Crippen LogP contribution in [0.2, 0.25) is 5.02 Å². The van der Waals surface area contributed by atoms with Gasteiger partial charge >= 0.3 is 0 Å². The molecule has 11 heteroatoms. The maximum atomic E-state index is 14.8. The molecular weight excluding hydrogens is 370 g/mol. The SMILES string of the molecule is O=C1NC2(CNCCC2(F)F)n2c1c(Cl)cc(Nc1ccncn1)c2=O. The van der Waals surface area contributed by atoms with Crippen molar-refractivity contribution in [2.75, 3.05) is 18.4 Å². The summed E-state index contributed by atoms with van der Waals surface area (Å²) in [5.74, 6) is -3.86. The second kappa shape index (κ2) is 5.71. The molecule has 1 saturated heterocycles. The van der Waals surface area contributed by atoms with Gasteiger partial charge in [0, 0.05) is 25.7 Å². The van der Waals surface area contributed by atoms with Crippen LogP contribution in [-0.2, 0) is 5.66 Å². The van der Waals surface area contributed by atoms with Crippen molar-refractivity contribution < 1.29 is 13.6 Å². The highest BCUT2D eigenvalue weighted by atomic mass is 35.5. The summed E-state index contributed by atoms with van der Waals surface area (Å²) >= 11 is 6.14. The number of rotatable bonds is 2. The van der Waals surface area contributed by atoms with E-state index in [1.165, 1.54) is 24.7 Å². The number of carbonyl (C=O) groups is 1. The Labute approximate surface area is 150 Å². The molecule has 2 aromatic rings. The largest absolute Gasteiger partial charge is 0.336 e. The quantitative estimate of drug-likeness (QED) is 0.718. The molecule has 0 bridgehead atoms. The molecule has 2 aliphatic heterocycles. The maximum absolute atomic E-state index is 14.8. The predicted octanol–water partition coefficient (Wildman–Crippen LogP) is 1.06. The Kier molecular flexibility index (Phi) is 3.70. The molecule has 0 aromatic carbocycles. The van der Waals surface area contributed by atoms with Gasteiger partial charge in [-0.05, 0) is 12.1 Å². The van der Waals surface area contributed by atoms with Crippen molar-refractivity contribution in [3.8, 4) is 0 Å². The highest BCUT2D eigenvalue weighted by Crippen LogP contribution is 2.42. The van der Waals surface area contributed by atoms with Gasteiger partial charge in [-0.2, -0.15) is 0 Å². The van der Waals surface area contributed by atoms with E-state index in [1.807, 2.05) is 0 Å². The standard InChI is InChI=1S/C15H13ClF2N6O2/c16-8-5-9(22-10-1-3-20-7-21-10)13(26)24-11(8)12(25)23-15(24)6-19-4-2-14(15,17)18/h1,3,5,7,19H,2,4,6H2,(H,23,25)(H,20,21,22). The number of anilines is 2. The van der Waals surface area contributed by atoms with E-state index in [4.69, 9.17) is 11.6 Å². The number of fused-ring (bicyclic) bond motifs is 2. The van der Waals surface area contributed by atoms with Crippen LogP contribution in [0.25, 0.3) is 0 Å². The van der Waals surface area contributed by atoms with Crippen molar-refractivity contribution in [3.63, 3.8) is 0 Å². The summed E-state index contributed by atoms with van der Waals surface area (Å²) in [6.45, 7) is -0.229. The molecule has 136 valence electrons. The molecule has 8 nitrogen and oxygen atoms in total. The Balaban J connectivity index is 1.92. The number of hydrogen-bond acceptors (Lipinski definition) is 6. The van der Waals surface area contributed by atoms with Crippen LogP contribution in [0.15, 0.2) is 29.5 Å². The zero-order valence-corrected chi connectivity index (χ0v) is 14.0. The van der Waals surface area contributed by atoms with E-state index in [0.717, 1.165) is 4.57 Å². The molecule has 1 fully saturated rings. The van der Waals surface area contributed by atoms with Gasteiger partial charge in [-0.25, -0.2) is 18.7 Å². The number of amides is 1. The van der Waals surface area contributed by atoms with Crippen LogP contribution in [0.4, 0.5) is 20.3 Å². The van der Waals surface area contributed by atoms with Crippen LogP contribution in [0.1, 0.15) is 16.9 Å². The Morgan fingerprint density at radius 3 is 2.85 bits per heavy atom. The molecule has 1 unspecified atom stereocenters. The number of nitrogens with one attached hydrogen (secondary N) is 3. The Morgan fingerprint density at radius 1 is 1.35 bits per heavy atom. The summed E-state index contributed by atoms with van der Waals surface area (Å²) < 4.78 is 30.3. The molecular formula is C15H13ClF2N6O2. The number of aromatic nitrogens is 3. The Morgan fingerprint density at radius 2 is 2.15 bits per heavy atom. The van der Waals surface area contributed by atoms with Crippen LogP contribution in [0.3, 0.4) is 0 Å². The third-order valence-electron chi connectivity index (χ3n) is 4.52. The number of pyridine rings is 1. The van der Waals surface area contributed by atoms with E-state index in [0.29, 0.717) is 0 Å². The molecule has 1 spiro atoms. The van der Waals surface area contributed by atoms with Crippen LogP contribution in [-0.4, -0.2) is 39.5 Å². The first-order valence-corrected chi connectivity index (χ1v) is 8.14. The van der Waals surface area contributed by atoms with Crippen LogP contribution >= 0.6 is 11.6 Å². The number of halogens is 3. The van der Waals surface area contributed by atoms with Gasteiger partial charge < -0.3 is 16.0 Å². The minimum atomic E-state index is -3.33. The normalized spacial score (nSPS) is 23.6. The lowest BCUT2D eigenvalue weighted by molar-refractivity contribution is -0.138. The van der Waals surface area contributed by atoms with Crippen molar-refractivity contribution in [1.29, 1.82) is 0 Å². The average Bonchev–Trinajstić information content (AvgIpc) is 2.91. The summed E-state index contributed by atoms with van der Waals surface area (Å²) in [7, 11) is 0. The summed E-state index contributed by atoms with van der Waals surface area (Å²) in [6.07, 6.45) is 2.19. The van der Waals surface area contributed by atoms with Gasteiger partial charge in [0.2, 0.25) is 0 Å². The number of carbonyl (C=O) groups excluding carboxylic acids is 1.